The molecule has 2 heterocycles. The van der Waals surface area contributed by atoms with E-state index >= 15 is 0 Å². The van der Waals surface area contributed by atoms with Crippen molar-refractivity contribution in [2.45, 2.75) is 12.8 Å². The lowest BCUT2D eigenvalue weighted by Gasteiger charge is -2.22. The number of imidazole rings is 1. The second kappa shape index (κ2) is 5.42. The molecule has 5 nitrogen and oxygen atoms in total. The zero-order valence-electron chi connectivity index (χ0n) is 12.1. The van der Waals surface area contributed by atoms with E-state index in [1.54, 1.807) is 23.2 Å². The summed E-state index contributed by atoms with van der Waals surface area (Å²) < 4.78 is 3.93. The van der Waals surface area contributed by atoms with E-state index in [-0.39, 0.29) is 17.4 Å². The van der Waals surface area contributed by atoms with Crippen molar-refractivity contribution in [1.29, 1.82) is 0 Å². The van der Waals surface area contributed by atoms with Crippen LogP contribution < -0.4 is 11.0 Å². The van der Waals surface area contributed by atoms with Crippen molar-refractivity contribution in [3.05, 3.63) is 32.7 Å². The first-order valence-corrected chi connectivity index (χ1v) is 7.90. The number of carbonyl (C=O) groups excluding carboxylic acids is 1. The molecule has 1 saturated heterocycles. The van der Waals surface area contributed by atoms with Gasteiger partial charge in [-0.15, -0.1) is 0 Å². The minimum atomic E-state index is -0.0826. The highest BCUT2D eigenvalue weighted by Crippen LogP contribution is 2.27. The Labute approximate surface area is 131 Å². The van der Waals surface area contributed by atoms with Gasteiger partial charge in [-0.3, -0.25) is 13.9 Å². The summed E-state index contributed by atoms with van der Waals surface area (Å²) in [5, 5.41) is 3.27. The Kier molecular flexibility index (Phi) is 3.75. The molecule has 2 aromatic rings. The molecule has 1 aliphatic heterocycles. The van der Waals surface area contributed by atoms with Crippen LogP contribution in [0.4, 0.5) is 0 Å². The van der Waals surface area contributed by atoms with Crippen LogP contribution in [0.2, 0.25) is 0 Å². The number of nitrogens with one attached hydrogen (secondary N) is 1. The number of aryl methyl sites for hydroxylation is 2. The number of carbonyl (C=O) groups is 1. The molecule has 1 unspecified atom stereocenters. The van der Waals surface area contributed by atoms with Crippen LogP contribution in [0.25, 0.3) is 11.0 Å². The van der Waals surface area contributed by atoms with E-state index in [1.165, 1.54) is 0 Å². The zero-order chi connectivity index (χ0) is 15.1. The summed E-state index contributed by atoms with van der Waals surface area (Å²) in [5.41, 5.74) is 2.20. The number of hydrogen-bond acceptors (Lipinski definition) is 3. The van der Waals surface area contributed by atoms with Gasteiger partial charge in [-0.2, -0.15) is 0 Å². The van der Waals surface area contributed by atoms with Gasteiger partial charge < -0.3 is 5.32 Å². The molecule has 0 amide bonds. The highest BCUT2D eigenvalue weighted by atomic mass is 79.9. The van der Waals surface area contributed by atoms with Crippen LogP contribution in [0.3, 0.4) is 0 Å². The van der Waals surface area contributed by atoms with Gasteiger partial charge >= 0.3 is 5.69 Å². The van der Waals surface area contributed by atoms with Gasteiger partial charge in [0.2, 0.25) is 0 Å². The van der Waals surface area contributed by atoms with Crippen molar-refractivity contribution in [2.24, 2.45) is 20.0 Å². The van der Waals surface area contributed by atoms with E-state index in [4.69, 9.17) is 0 Å². The molecule has 0 spiro atoms. The molecule has 1 fully saturated rings. The number of rotatable bonds is 2. The number of fused-ring (bicyclic) bond motifs is 1. The summed E-state index contributed by atoms with van der Waals surface area (Å²) >= 11 is 3.49. The molecule has 1 N–H and O–H groups in total. The normalized spacial score (nSPS) is 19.1. The lowest BCUT2D eigenvalue weighted by Crippen LogP contribution is -2.34. The average Bonchev–Trinajstić information content (AvgIpc) is 2.71. The highest BCUT2D eigenvalue weighted by Gasteiger charge is 2.25. The zero-order valence-corrected chi connectivity index (χ0v) is 13.7. The fraction of sp³-hybridized carbons (Fsp3) is 0.467. The topological polar surface area (TPSA) is 56.0 Å². The van der Waals surface area contributed by atoms with Crippen molar-refractivity contribution in [1.82, 2.24) is 14.5 Å². The molecule has 1 aliphatic rings. The number of Topliss-reactive ketones (excluding diaryl/α,β-unsaturated/α-hetero) is 1. The predicted molar refractivity (Wildman–Crippen MR) is 85.8 cm³/mol. The van der Waals surface area contributed by atoms with Gasteiger partial charge in [0.05, 0.1) is 11.0 Å². The maximum absolute atomic E-state index is 12.7. The molecular weight excluding hydrogens is 334 g/mol. The maximum Gasteiger partial charge on any atom is 0.328 e. The number of benzene rings is 1. The van der Waals surface area contributed by atoms with E-state index in [2.05, 4.69) is 21.2 Å². The van der Waals surface area contributed by atoms with Crippen LogP contribution in [-0.4, -0.2) is 28.0 Å². The summed E-state index contributed by atoms with van der Waals surface area (Å²) in [6.45, 7) is 1.72. The number of nitrogens with zero attached hydrogens (tertiary/aromatic N) is 2. The second-order valence-electron chi connectivity index (χ2n) is 5.63. The second-order valence-corrected chi connectivity index (χ2v) is 6.48. The van der Waals surface area contributed by atoms with Gasteiger partial charge in [-0.05, 0) is 47.4 Å². The number of hydrogen-bond donors (Lipinski definition) is 1. The Morgan fingerprint density at radius 1 is 1.29 bits per heavy atom. The van der Waals surface area contributed by atoms with E-state index in [1.807, 2.05) is 12.1 Å². The van der Waals surface area contributed by atoms with Crippen LogP contribution in [0, 0.1) is 5.92 Å². The first-order valence-electron chi connectivity index (χ1n) is 7.10. The first-order chi connectivity index (χ1) is 10.0. The molecular formula is C15H18BrN3O2. The van der Waals surface area contributed by atoms with E-state index in [9.17, 15) is 9.59 Å². The van der Waals surface area contributed by atoms with Crippen molar-refractivity contribution in [3.8, 4) is 0 Å². The number of aromatic nitrogens is 2. The third kappa shape index (κ3) is 2.36. The smallest absolute Gasteiger partial charge is 0.316 e. The summed E-state index contributed by atoms with van der Waals surface area (Å²) in [5.74, 6) is 0.167. The Morgan fingerprint density at radius 2 is 1.95 bits per heavy atom. The number of halogens is 1. The minimum absolute atomic E-state index is 0.0215. The van der Waals surface area contributed by atoms with E-state index in [0.717, 1.165) is 41.4 Å². The predicted octanol–water partition coefficient (Wildman–Crippen LogP) is 1.82. The Morgan fingerprint density at radius 3 is 2.57 bits per heavy atom. The summed E-state index contributed by atoms with van der Waals surface area (Å²) in [6.07, 6.45) is 1.95. The first kappa shape index (κ1) is 14.5. The van der Waals surface area contributed by atoms with Crippen LogP contribution in [0.5, 0.6) is 0 Å². The molecule has 1 aromatic carbocycles. The maximum atomic E-state index is 12.7. The molecule has 0 bridgehead atoms. The molecule has 1 aromatic heterocycles. The van der Waals surface area contributed by atoms with Crippen molar-refractivity contribution < 1.29 is 4.79 Å². The Hall–Kier alpha value is -1.40. The van der Waals surface area contributed by atoms with Crippen molar-refractivity contribution in [2.75, 3.05) is 13.1 Å². The molecule has 1 atom stereocenters. The number of ketones is 1. The Balaban J connectivity index is 2.10. The summed E-state index contributed by atoms with van der Waals surface area (Å²) in [6, 6.07) is 3.69. The fourth-order valence-electron chi connectivity index (χ4n) is 3.00. The lowest BCUT2D eigenvalue weighted by molar-refractivity contribution is 0.0899. The van der Waals surface area contributed by atoms with Gasteiger partial charge in [-0.25, -0.2) is 4.79 Å². The summed E-state index contributed by atoms with van der Waals surface area (Å²) in [4.78, 5) is 24.7. The molecule has 0 radical (unpaired) electrons. The van der Waals surface area contributed by atoms with Crippen LogP contribution in [0.15, 0.2) is 21.4 Å². The molecule has 112 valence electrons. The van der Waals surface area contributed by atoms with E-state index in [0.29, 0.717) is 5.56 Å². The standard InChI is InChI=1S/C15H18BrN3O2/c1-18-12-6-10(14(20)9-4-3-5-17-8-9)11(16)7-13(12)19(2)15(18)21/h6-7,9,17H,3-5,8H2,1-2H3. The van der Waals surface area contributed by atoms with Gasteiger partial charge in [-0.1, -0.05) is 0 Å². The molecule has 6 heteroatoms. The van der Waals surface area contributed by atoms with Crippen LogP contribution in [0.1, 0.15) is 23.2 Å². The number of piperidine rings is 1. The van der Waals surface area contributed by atoms with Crippen LogP contribution >= 0.6 is 15.9 Å². The van der Waals surface area contributed by atoms with Crippen LogP contribution in [-0.2, 0) is 14.1 Å². The quantitative estimate of drug-likeness (QED) is 0.839. The molecule has 0 saturated carbocycles. The molecule has 0 aliphatic carbocycles. The average molecular weight is 352 g/mol. The van der Waals surface area contributed by atoms with Gasteiger partial charge in [0.1, 0.15) is 0 Å². The largest absolute Gasteiger partial charge is 0.328 e. The molecule has 3 rings (SSSR count). The Bertz CT molecular complexity index is 769. The van der Waals surface area contributed by atoms with Crippen molar-refractivity contribution >= 4 is 32.7 Å². The molecule has 21 heavy (non-hydrogen) atoms. The van der Waals surface area contributed by atoms with Gasteiger partial charge in [0.25, 0.3) is 0 Å². The fourth-order valence-corrected chi connectivity index (χ4v) is 3.53. The van der Waals surface area contributed by atoms with E-state index < -0.39 is 0 Å². The SMILES string of the molecule is Cn1c(=O)n(C)c2cc(C(=O)C3CCCNC3)c(Br)cc21. The minimum Gasteiger partial charge on any atom is -0.316 e. The van der Waals surface area contributed by atoms with Gasteiger partial charge in [0, 0.05) is 36.6 Å². The lowest BCUT2D eigenvalue weighted by atomic mass is 9.91. The highest BCUT2D eigenvalue weighted by molar-refractivity contribution is 9.10. The third-order valence-corrected chi connectivity index (χ3v) is 4.95. The summed E-state index contributed by atoms with van der Waals surface area (Å²) in [7, 11) is 3.47. The van der Waals surface area contributed by atoms with Crippen molar-refractivity contribution in [3.63, 3.8) is 0 Å². The monoisotopic (exact) mass is 351 g/mol. The third-order valence-electron chi connectivity index (χ3n) is 4.29. The van der Waals surface area contributed by atoms with Gasteiger partial charge in [0.15, 0.2) is 5.78 Å².